The molecule has 1 rings (SSSR count). The van der Waals surface area contributed by atoms with E-state index in [0.717, 1.165) is 18.7 Å². The highest BCUT2D eigenvalue weighted by atomic mass is 19.4. The van der Waals surface area contributed by atoms with Crippen molar-refractivity contribution >= 4 is 5.69 Å². The smallest absolute Gasteiger partial charge is 0.372 e. The van der Waals surface area contributed by atoms with Crippen LogP contribution in [0, 0.1) is 0 Å². The summed E-state index contributed by atoms with van der Waals surface area (Å²) < 4.78 is 40.0. The van der Waals surface area contributed by atoms with Gasteiger partial charge in [-0.15, -0.1) is 0 Å². The molecule has 0 bridgehead atoms. The van der Waals surface area contributed by atoms with Gasteiger partial charge in [-0.3, -0.25) is 0 Å². The van der Waals surface area contributed by atoms with Gasteiger partial charge >= 0.3 is 6.18 Å². The quantitative estimate of drug-likeness (QED) is 0.709. The number of benzene rings is 1. The Hall–Kier alpha value is -1.27. The largest absolute Gasteiger partial charge is 0.411 e. The lowest BCUT2D eigenvalue weighted by molar-refractivity contribution is -0.173. The van der Waals surface area contributed by atoms with Crippen molar-refractivity contribution in [2.75, 3.05) is 37.7 Å². The Morgan fingerprint density at radius 1 is 1.10 bits per heavy atom. The molecule has 0 radical (unpaired) electrons. The normalized spacial score (nSPS) is 11.7. The molecule has 0 saturated heterocycles. The van der Waals surface area contributed by atoms with E-state index < -0.39 is 12.8 Å². The minimum absolute atomic E-state index is 0.0526. The Balaban J connectivity index is 2.24. The van der Waals surface area contributed by atoms with Gasteiger partial charge in [-0.1, -0.05) is 12.1 Å². The van der Waals surface area contributed by atoms with E-state index in [2.05, 4.69) is 40.9 Å². The second kappa shape index (κ2) is 8.89. The number of nitrogens with zero attached hydrogens (tertiary/aromatic N) is 1. The molecule has 0 saturated carbocycles. The van der Waals surface area contributed by atoms with Crippen LogP contribution in [0.4, 0.5) is 18.9 Å². The van der Waals surface area contributed by atoms with Crippen molar-refractivity contribution in [3.05, 3.63) is 29.8 Å². The number of rotatable bonds is 9. The summed E-state index contributed by atoms with van der Waals surface area (Å²) in [7, 11) is 0. The third-order valence-electron chi connectivity index (χ3n) is 3.08. The maximum Gasteiger partial charge on any atom is 0.411 e. The fourth-order valence-electron chi connectivity index (χ4n) is 1.98. The van der Waals surface area contributed by atoms with Crippen LogP contribution in [0.3, 0.4) is 0 Å². The highest BCUT2D eigenvalue weighted by Gasteiger charge is 2.27. The van der Waals surface area contributed by atoms with Crippen molar-refractivity contribution in [1.82, 2.24) is 5.32 Å². The average Bonchev–Trinajstić information content (AvgIpc) is 2.44. The van der Waals surface area contributed by atoms with Crippen molar-refractivity contribution < 1.29 is 17.9 Å². The van der Waals surface area contributed by atoms with Gasteiger partial charge in [0.2, 0.25) is 0 Å². The second-order valence-electron chi connectivity index (χ2n) is 4.68. The molecule has 1 N–H and O–H groups in total. The van der Waals surface area contributed by atoms with Crippen LogP contribution in [0.5, 0.6) is 0 Å². The molecule has 0 aromatic heterocycles. The molecule has 0 atom stereocenters. The highest BCUT2D eigenvalue weighted by Crippen LogP contribution is 2.15. The number of hydrogen-bond acceptors (Lipinski definition) is 3. The first-order chi connectivity index (χ1) is 9.96. The van der Waals surface area contributed by atoms with Gasteiger partial charge in [-0.2, -0.15) is 13.2 Å². The zero-order valence-corrected chi connectivity index (χ0v) is 12.5. The van der Waals surface area contributed by atoms with Crippen LogP contribution in [-0.2, 0) is 11.3 Å². The minimum Gasteiger partial charge on any atom is -0.372 e. The highest BCUT2D eigenvalue weighted by molar-refractivity contribution is 5.47. The van der Waals surface area contributed by atoms with Gasteiger partial charge in [0.05, 0.1) is 6.61 Å². The standard InChI is InChI=1S/C15H23F3N2O/c1-3-20(4-2)14-7-5-13(6-8-14)11-19-9-10-21-12-15(16,17)18/h5-8,19H,3-4,9-12H2,1-2H3. The fourth-order valence-corrected chi connectivity index (χ4v) is 1.98. The van der Waals surface area contributed by atoms with Crippen molar-refractivity contribution in [3.63, 3.8) is 0 Å². The Morgan fingerprint density at radius 2 is 1.71 bits per heavy atom. The number of alkyl halides is 3. The Bertz CT molecular complexity index is 389. The predicted molar refractivity (Wildman–Crippen MR) is 78.6 cm³/mol. The lowest BCUT2D eigenvalue weighted by atomic mass is 10.2. The van der Waals surface area contributed by atoms with Crippen LogP contribution in [0.25, 0.3) is 0 Å². The van der Waals surface area contributed by atoms with Gasteiger partial charge in [0.25, 0.3) is 0 Å². The predicted octanol–water partition coefficient (Wildman–Crippen LogP) is 3.20. The van der Waals surface area contributed by atoms with Gasteiger partial charge in [-0.05, 0) is 31.5 Å². The summed E-state index contributed by atoms with van der Waals surface area (Å²) >= 11 is 0. The molecule has 0 unspecified atom stereocenters. The summed E-state index contributed by atoms with van der Waals surface area (Å²) in [4.78, 5) is 2.25. The van der Waals surface area contributed by atoms with Gasteiger partial charge in [-0.25, -0.2) is 0 Å². The topological polar surface area (TPSA) is 24.5 Å². The van der Waals surface area contributed by atoms with E-state index in [1.54, 1.807) is 0 Å². The molecular formula is C15H23F3N2O. The molecule has 120 valence electrons. The summed E-state index contributed by atoms with van der Waals surface area (Å²) in [5.41, 5.74) is 2.28. The molecule has 21 heavy (non-hydrogen) atoms. The summed E-state index contributed by atoms with van der Waals surface area (Å²) in [6.07, 6.45) is -4.25. The van der Waals surface area contributed by atoms with E-state index in [1.807, 2.05) is 12.1 Å². The van der Waals surface area contributed by atoms with Crippen LogP contribution in [0.1, 0.15) is 19.4 Å². The number of nitrogens with one attached hydrogen (secondary N) is 1. The zero-order valence-electron chi connectivity index (χ0n) is 12.5. The molecule has 0 fully saturated rings. The molecule has 1 aromatic carbocycles. The minimum atomic E-state index is -4.25. The van der Waals surface area contributed by atoms with Crippen molar-refractivity contribution in [3.8, 4) is 0 Å². The molecule has 0 amide bonds. The lowest BCUT2D eigenvalue weighted by Crippen LogP contribution is -2.24. The van der Waals surface area contributed by atoms with E-state index in [4.69, 9.17) is 0 Å². The van der Waals surface area contributed by atoms with Crippen LogP contribution in [0.2, 0.25) is 0 Å². The van der Waals surface area contributed by atoms with Crippen LogP contribution in [0.15, 0.2) is 24.3 Å². The van der Waals surface area contributed by atoms with E-state index in [-0.39, 0.29) is 6.61 Å². The third-order valence-corrected chi connectivity index (χ3v) is 3.08. The number of ether oxygens (including phenoxy) is 1. The van der Waals surface area contributed by atoms with Crippen LogP contribution < -0.4 is 10.2 Å². The second-order valence-corrected chi connectivity index (χ2v) is 4.68. The molecule has 0 heterocycles. The third kappa shape index (κ3) is 7.34. The van der Waals surface area contributed by atoms with Crippen molar-refractivity contribution in [2.45, 2.75) is 26.6 Å². The fraction of sp³-hybridized carbons (Fsp3) is 0.600. The van der Waals surface area contributed by atoms with Crippen molar-refractivity contribution in [2.24, 2.45) is 0 Å². The van der Waals surface area contributed by atoms with E-state index in [1.165, 1.54) is 5.69 Å². The monoisotopic (exact) mass is 304 g/mol. The molecular weight excluding hydrogens is 281 g/mol. The SMILES string of the molecule is CCN(CC)c1ccc(CNCCOCC(F)(F)F)cc1. The molecule has 0 aliphatic rings. The van der Waals surface area contributed by atoms with Gasteiger partial charge < -0.3 is 15.0 Å². The molecule has 1 aromatic rings. The molecule has 0 aliphatic heterocycles. The lowest BCUT2D eigenvalue weighted by Gasteiger charge is -2.21. The summed E-state index contributed by atoms with van der Waals surface area (Å²) in [5.74, 6) is 0. The number of hydrogen-bond donors (Lipinski definition) is 1. The molecule has 6 heteroatoms. The van der Waals surface area contributed by atoms with Gasteiger partial charge in [0.1, 0.15) is 6.61 Å². The van der Waals surface area contributed by atoms with E-state index in [0.29, 0.717) is 13.1 Å². The Kier molecular flexibility index (Phi) is 7.53. The molecule has 0 spiro atoms. The summed E-state index contributed by atoms with van der Waals surface area (Å²) in [6, 6.07) is 8.17. The maximum absolute atomic E-state index is 11.8. The zero-order chi connectivity index (χ0) is 15.7. The first kappa shape index (κ1) is 17.8. The van der Waals surface area contributed by atoms with Crippen LogP contribution >= 0.6 is 0 Å². The Labute approximate surface area is 124 Å². The van der Waals surface area contributed by atoms with Gasteiger partial charge in [0, 0.05) is 31.9 Å². The Morgan fingerprint density at radius 3 is 2.24 bits per heavy atom. The summed E-state index contributed by atoms with van der Waals surface area (Å²) in [6.45, 7) is 6.03. The first-order valence-corrected chi connectivity index (χ1v) is 7.15. The first-order valence-electron chi connectivity index (χ1n) is 7.15. The number of halogens is 3. The number of anilines is 1. The maximum atomic E-state index is 11.8. The molecule has 3 nitrogen and oxygen atoms in total. The van der Waals surface area contributed by atoms with Crippen LogP contribution in [-0.4, -0.2) is 39.0 Å². The average molecular weight is 304 g/mol. The molecule has 0 aliphatic carbocycles. The van der Waals surface area contributed by atoms with Crippen molar-refractivity contribution in [1.29, 1.82) is 0 Å². The van der Waals surface area contributed by atoms with E-state index in [9.17, 15) is 13.2 Å². The summed E-state index contributed by atoms with van der Waals surface area (Å²) in [5, 5.41) is 3.06. The van der Waals surface area contributed by atoms with Gasteiger partial charge in [0.15, 0.2) is 0 Å². The van der Waals surface area contributed by atoms with E-state index >= 15 is 0 Å².